The van der Waals surface area contributed by atoms with E-state index in [0.29, 0.717) is 6.04 Å². The van der Waals surface area contributed by atoms with E-state index in [1.54, 1.807) is 0 Å². The summed E-state index contributed by atoms with van der Waals surface area (Å²) in [5, 5.41) is 0. The zero-order valence-corrected chi connectivity index (χ0v) is 15.9. The molecule has 0 N–H and O–H groups in total. The topological polar surface area (TPSA) is 29.5 Å². The zero-order valence-electron chi connectivity index (χ0n) is 15.1. The van der Waals surface area contributed by atoms with Crippen LogP contribution >= 0.6 is 11.8 Å². The lowest BCUT2D eigenvalue weighted by Crippen LogP contribution is -2.51. The largest absolute Gasteiger partial charge is 0.480 e. The van der Waals surface area contributed by atoms with Gasteiger partial charge in [-0.05, 0) is 43.7 Å². The van der Waals surface area contributed by atoms with Gasteiger partial charge in [-0.2, -0.15) is 11.8 Å². The molecule has 0 spiro atoms. The van der Waals surface area contributed by atoms with Gasteiger partial charge < -0.3 is 9.64 Å². The number of hydrogen-bond acceptors (Lipinski definition) is 3. The Morgan fingerprint density at radius 1 is 1.25 bits per heavy atom. The molecule has 1 fully saturated rings. The van der Waals surface area contributed by atoms with E-state index in [1.165, 1.54) is 12.0 Å². The van der Waals surface area contributed by atoms with Crippen LogP contribution in [0.25, 0.3) is 0 Å². The number of carbonyl (C=O) groups excluding carboxylic acids is 1. The first-order valence-electron chi connectivity index (χ1n) is 9.13. The number of aryl methyl sites for hydroxylation is 1. The van der Waals surface area contributed by atoms with Gasteiger partial charge in [0.05, 0.1) is 0 Å². The molecule has 2 aliphatic rings. The highest BCUT2D eigenvalue weighted by Crippen LogP contribution is 2.31. The van der Waals surface area contributed by atoms with Crippen LogP contribution in [0.1, 0.15) is 52.0 Å². The van der Waals surface area contributed by atoms with Gasteiger partial charge >= 0.3 is 0 Å². The summed E-state index contributed by atoms with van der Waals surface area (Å²) in [6.45, 7) is 7.62. The minimum absolute atomic E-state index is 0.198. The smallest absolute Gasteiger partial charge is 0.263 e. The maximum atomic E-state index is 13.1. The van der Waals surface area contributed by atoms with Crippen LogP contribution in [0.3, 0.4) is 0 Å². The molecule has 4 heteroatoms. The fraction of sp³-hybridized carbons (Fsp3) is 0.650. The number of carbonyl (C=O) groups is 1. The van der Waals surface area contributed by atoms with E-state index in [1.807, 2.05) is 30.0 Å². The van der Waals surface area contributed by atoms with Gasteiger partial charge in [-0.1, -0.05) is 39.0 Å². The average molecular weight is 348 g/mol. The molecule has 1 saturated heterocycles. The summed E-state index contributed by atoms with van der Waals surface area (Å²) < 4.78 is 6.29. The number of likely N-dealkylation sites (tertiary alicyclic amines) is 1. The molecule has 2 heterocycles. The number of hydrogen-bond donors (Lipinski definition) is 0. The first-order valence-corrected chi connectivity index (χ1v) is 10.1. The van der Waals surface area contributed by atoms with Crippen molar-refractivity contribution in [3.05, 3.63) is 29.8 Å². The summed E-state index contributed by atoms with van der Waals surface area (Å²) in [5.41, 5.74) is 1.22. The highest BCUT2D eigenvalue weighted by atomic mass is 32.2. The maximum absolute atomic E-state index is 13.1. The number of rotatable bonds is 3. The predicted molar refractivity (Wildman–Crippen MR) is 101 cm³/mol. The fourth-order valence-electron chi connectivity index (χ4n) is 3.49. The standard InChI is InChI=1S/C20H29NO2S/c1-20(2,3)24-14-16-9-6-7-13-21(16)19(22)18-12-11-15-8-4-5-10-17(15)23-18/h4-5,8,10,16,18H,6-7,9,11-14H2,1-3H3/t16-,18+/m1/s1. The number of para-hydroxylation sites is 1. The van der Waals surface area contributed by atoms with E-state index >= 15 is 0 Å². The van der Waals surface area contributed by atoms with E-state index in [9.17, 15) is 4.79 Å². The van der Waals surface area contributed by atoms with Crippen molar-refractivity contribution in [3.8, 4) is 5.75 Å². The van der Waals surface area contributed by atoms with E-state index in [2.05, 4.69) is 31.7 Å². The third kappa shape index (κ3) is 4.27. The Balaban J connectivity index is 1.66. The predicted octanol–water partition coefficient (Wildman–Crippen LogP) is 4.29. The number of thioether (sulfide) groups is 1. The quantitative estimate of drug-likeness (QED) is 0.817. The van der Waals surface area contributed by atoms with Gasteiger partial charge in [0.25, 0.3) is 5.91 Å². The van der Waals surface area contributed by atoms with E-state index in [0.717, 1.165) is 43.7 Å². The number of amides is 1. The Bertz CT molecular complexity index is 581. The number of piperidine rings is 1. The second kappa shape index (κ2) is 7.38. The Hall–Kier alpha value is -1.16. The molecule has 24 heavy (non-hydrogen) atoms. The Labute approximate surface area is 150 Å². The van der Waals surface area contributed by atoms with Crippen molar-refractivity contribution in [3.63, 3.8) is 0 Å². The fourth-order valence-corrected chi connectivity index (χ4v) is 4.53. The van der Waals surface area contributed by atoms with Gasteiger partial charge in [0, 0.05) is 23.1 Å². The minimum atomic E-state index is -0.305. The van der Waals surface area contributed by atoms with Gasteiger partial charge in [-0.3, -0.25) is 4.79 Å². The lowest BCUT2D eigenvalue weighted by atomic mass is 9.98. The second-order valence-corrected chi connectivity index (χ2v) is 9.70. The average Bonchev–Trinajstić information content (AvgIpc) is 2.58. The maximum Gasteiger partial charge on any atom is 0.263 e. The molecule has 3 rings (SSSR count). The number of nitrogens with zero attached hydrogens (tertiary/aromatic N) is 1. The first kappa shape index (κ1) is 17.7. The summed E-state index contributed by atoms with van der Waals surface area (Å²) in [5.74, 6) is 2.11. The molecule has 2 aliphatic heterocycles. The van der Waals surface area contributed by atoms with Crippen molar-refractivity contribution in [2.24, 2.45) is 0 Å². The van der Waals surface area contributed by atoms with Crippen molar-refractivity contribution >= 4 is 17.7 Å². The van der Waals surface area contributed by atoms with Crippen LogP contribution in [0.4, 0.5) is 0 Å². The van der Waals surface area contributed by atoms with Crippen molar-refractivity contribution < 1.29 is 9.53 Å². The minimum Gasteiger partial charge on any atom is -0.480 e. The lowest BCUT2D eigenvalue weighted by molar-refractivity contribution is -0.142. The normalized spacial score (nSPS) is 24.2. The molecule has 1 aromatic carbocycles. The summed E-state index contributed by atoms with van der Waals surface area (Å²) in [6.07, 6.45) is 4.89. The third-order valence-electron chi connectivity index (χ3n) is 4.81. The molecule has 2 atom stereocenters. The summed E-state index contributed by atoms with van der Waals surface area (Å²) in [6, 6.07) is 8.46. The lowest BCUT2D eigenvalue weighted by Gasteiger charge is -2.39. The second-order valence-electron chi connectivity index (χ2n) is 7.86. The Kier molecular flexibility index (Phi) is 5.43. The third-order valence-corrected chi connectivity index (χ3v) is 6.23. The molecular formula is C20H29NO2S. The van der Waals surface area contributed by atoms with Crippen LogP contribution in [0.15, 0.2) is 24.3 Å². The van der Waals surface area contributed by atoms with E-state index in [-0.39, 0.29) is 16.8 Å². The van der Waals surface area contributed by atoms with Gasteiger partial charge in [-0.15, -0.1) is 0 Å². The summed E-state index contributed by atoms with van der Waals surface area (Å²) >= 11 is 1.96. The molecular weight excluding hydrogens is 318 g/mol. The number of ether oxygens (including phenoxy) is 1. The molecule has 1 amide bonds. The molecule has 0 aliphatic carbocycles. The summed E-state index contributed by atoms with van der Waals surface area (Å²) in [4.78, 5) is 15.2. The van der Waals surface area contributed by atoms with Gasteiger partial charge in [0.1, 0.15) is 5.75 Å². The Morgan fingerprint density at radius 3 is 2.83 bits per heavy atom. The van der Waals surface area contributed by atoms with Crippen LogP contribution in [-0.2, 0) is 11.2 Å². The van der Waals surface area contributed by atoms with Crippen LogP contribution in [0.2, 0.25) is 0 Å². The van der Waals surface area contributed by atoms with Crippen LogP contribution in [0.5, 0.6) is 5.75 Å². The highest BCUT2D eigenvalue weighted by Gasteiger charge is 2.35. The molecule has 3 nitrogen and oxygen atoms in total. The van der Waals surface area contributed by atoms with Crippen molar-refractivity contribution in [2.75, 3.05) is 12.3 Å². The van der Waals surface area contributed by atoms with Crippen LogP contribution < -0.4 is 4.74 Å². The first-order chi connectivity index (χ1) is 11.4. The Morgan fingerprint density at radius 2 is 2.04 bits per heavy atom. The van der Waals surface area contributed by atoms with Gasteiger partial charge in [-0.25, -0.2) is 0 Å². The van der Waals surface area contributed by atoms with Gasteiger partial charge in [0.15, 0.2) is 6.10 Å². The van der Waals surface area contributed by atoms with E-state index < -0.39 is 0 Å². The number of fused-ring (bicyclic) bond motifs is 1. The van der Waals surface area contributed by atoms with Crippen LogP contribution in [0, 0.1) is 0 Å². The molecule has 0 bridgehead atoms. The molecule has 0 radical (unpaired) electrons. The molecule has 0 saturated carbocycles. The number of benzene rings is 1. The molecule has 1 aromatic rings. The SMILES string of the molecule is CC(C)(C)SC[C@H]1CCCCN1C(=O)[C@@H]1CCc2ccccc2O1. The molecule has 0 aromatic heterocycles. The monoisotopic (exact) mass is 347 g/mol. The van der Waals surface area contributed by atoms with Gasteiger partial charge in [0.2, 0.25) is 0 Å². The highest BCUT2D eigenvalue weighted by molar-refractivity contribution is 8.00. The zero-order chi connectivity index (χ0) is 17.2. The van der Waals surface area contributed by atoms with Crippen LogP contribution in [-0.4, -0.2) is 40.0 Å². The van der Waals surface area contributed by atoms with Crippen molar-refractivity contribution in [1.82, 2.24) is 4.90 Å². The molecule has 132 valence electrons. The van der Waals surface area contributed by atoms with E-state index in [4.69, 9.17) is 4.74 Å². The van der Waals surface area contributed by atoms with Crippen molar-refractivity contribution in [1.29, 1.82) is 0 Å². The van der Waals surface area contributed by atoms with Crippen molar-refractivity contribution in [2.45, 2.75) is 69.8 Å². The molecule has 0 unspecified atom stereocenters. The summed E-state index contributed by atoms with van der Waals surface area (Å²) in [7, 11) is 0.